The molecule has 0 bridgehead atoms. The lowest BCUT2D eigenvalue weighted by atomic mass is 10.0. The highest BCUT2D eigenvalue weighted by atomic mass is 79.9. The molecule has 0 aliphatic heterocycles. The van der Waals surface area contributed by atoms with Crippen LogP contribution in [0, 0.1) is 11.7 Å². The highest BCUT2D eigenvalue weighted by Crippen LogP contribution is 2.16. The highest BCUT2D eigenvalue weighted by Gasteiger charge is 2.29. The molecule has 0 spiro atoms. The number of ketones is 1. The van der Waals surface area contributed by atoms with Gasteiger partial charge in [-0.15, -0.1) is 0 Å². The average molecular weight is 563 g/mol. The molecule has 0 aromatic heterocycles. The van der Waals surface area contributed by atoms with Crippen molar-refractivity contribution in [2.24, 2.45) is 5.92 Å². The summed E-state index contributed by atoms with van der Waals surface area (Å²) in [5.74, 6) is -2.56. The molecule has 1 unspecified atom stereocenters. The van der Waals surface area contributed by atoms with Gasteiger partial charge in [-0.1, -0.05) is 57.2 Å². The van der Waals surface area contributed by atoms with Crippen LogP contribution in [0.2, 0.25) is 0 Å². The van der Waals surface area contributed by atoms with Crippen LogP contribution in [-0.4, -0.2) is 35.7 Å². The lowest BCUT2D eigenvalue weighted by Gasteiger charge is -2.23. The molecule has 0 aliphatic rings. The first-order chi connectivity index (χ1) is 17.1. The number of nitrogens with one attached hydrogen (secondary N) is 4. The number of rotatable bonds is 12. The number of benzene rings is 2. The zero-order valence-electron chi connectivity index (χ0n) is 20.6. The van der Waals surface area contributed by atoms with E-state index in [-0.39, 0.29) is 23.4 Å². The van der Waals surface area contributed by atoms with Crippen molar-refractivity contribution in [3.8, 4) is 0 Å². The molecule has 36 heavy (non-hydrogen) atoms. The van der Waals surface area contributed by atoms with Crippen molar-refractivity contribution in [1.82, 2.24) is 21.3 Å². The van der Waals surface area contributed by atoms with E-state index >= 15 is 0 Å². The Kier molecular flexibility index (Phi) is 11.5. The molecule has 0 aliphatic carbocycles. The third kappa shape index (κ3) is 9.41. The number of halogens is 2. The van der Waals surface area contributed by atoms with Gasteiger partial charge in [0.1, 0.15) is 11.9 Å². The van der Waals surface area contributed by atoms with Crippen molar-refractivity contribution < 1.29 is 23.6 Å². The summed E-state index contributed by atoms with van der Waals surface area (Å²) in [6.07, 6.45) is 0.537. The Morgan fingerprint density at radius 1 is 0.889 bits per heavy atom. The molecule has 2 rings (SSSR count). The summed E-state index contributed by atoms with van der Waals surface area (Å²) in [5, 5.41) is 10.5. The minimum Gasteiger partial charge on any atom is -0.345 e. The summed E-state index contributed by atoms with van der Waals surface area (Å²) in [6, 6.07) is 11.1. The molecule has 2 atom stereocenters. The minimum atomic E-state index is -1.05. The van der Waals surface area contributed by atoms with E-state index in [1.54, 1.807) is 6.92 Å². The summed E-state index contributed by atoms with van der Waals surface area (Å²) >= 11 is 3.08. The fourth-order valence-corrected chi connectivity index (χ4v) is 3.82. The molecular formula is C26H32BrFN4O4. The first kappa shape index (κ1) is 29.0. The fraction of sp³-hybridized carbons (Fsp3) is 0.385. The zero-order chi connectivity index (χ0) is 26.7. The average Bonchev–Trinajstić information content (AvgIpc) is 2.85. The number of urea groups is 1. The van der Waals surface area contributed by atoms with Gasteiger partial charge in [-0.3, -0.25) is 14.4 Å². The Balaban J connectivity index is 1.95. The van der Waals surface area contributed by atoms with Crippen molar-refractivity contribution in [3.63, 3.8) is 0 Å². The van der Waals surface area contributed by atoms with Gasteiger partial charge >= 0.3 is 6.03 Å². The van der Waals surface area contributed by atoms with Gasteiger partial charge in [-0.05, 0) is 57.9 Å². The van der Waals surface area contributed by atoms with Crippen molar-refractivity contribution in [1.29, 1.82) is 0 Å². The Bertz CT molecular complexity index is 1070. The number of carbonyl (C=O) groups excluding carboxylic acids is 4. The Labute approximate surface area is 218 Å². The van der Waals surface area contributed by atoms with E-state index < -0.39 is 41.5 Å². The maximum absolute atomic E-state index is 13.4. The van der Waals surface area contributed by atoms with Crippen LogP contribution in [0.25, 0.3) is 0 Å². The second kappa shape index (κ2) is 14.3. The van der Waals surface area contributed by atoms with Crippen molar-refractivity contribution in [2.75, 3.05) is 0 Å². The van der Waals surface area contributed by atoms with E-state index in [0.29, 0.717) is 18.5 Å². The van der Waals surface area contributed by atoms with E-state index in [1.165, 1.54) is 18.2 Å². The molecule has 194 valence electrons. The second-order valence-corrected chi connectivity index (χ2v) is 9.61. The molecule has 2 aromatic carbocycles. The van der Waals surface area contributed by atoms with Gasteiger partial charge < -0.3 is 21.3 Å². The topological polar surface area (TPSA) is 116 Å². The molecule has 0 saturated heterocycles. The lowest BCUT2D eigenvalue weighted by molar-refractivity contribution is -0.140. The SMILES string of the molecule is CCC(NC(=O)[C@H](CC(C)C)NC(=O)NCc1ccccc1)C(=O)C(=O)NCc1ccc(F)c(Br)c1. The maximum atomic E-state index is 13.4. The first-order valence-corrected chi connectivity index (χ1v) is 12.5. The Hall–Kier alpha value is -3.27. The van der Waals surface area contributed by atoms with Crippen LogP contribution in [-0.2, 0) is 27.5 Å². The lowest BCUT2D eigenvalue weighted by Crippen LogP contribution is -2.55. The molecule has 2 aromatic rings. The summed E-state index contributed by atoms with van der Waals surface area (Å²) in [4.78, 5) is 50.5. The van der Waals surface area contributed by atoms with Gasteiger partial charge in [-0.2, -0.15) is 0 Å². The van der Waals surface area contributed by atoms with E-state index in [4.69, 9.17) is 0 Å². The van der Waals surface area contributed by atoms with Crippen LogP contribution in [0.1, 0.15) is 44.7 Å². The monoisotopic (exact) mass is 562 g/mol. The summed E-state index contributed by atoms with van der Waals surface area (Å²) in [5.41, 5.74) is 1.51. The summed E-state index contributed by atoms with van der Waals surface area (Å²) in [7, 11) is 0. The van der Waals surface area contributed by atoms with Crippen LogP contribution in [0.15, 0.2) is 53.0 Å². The number of amides is 4. The quantitative estimate of drug-likeness (QED) is 0.296. The molecule has 0 saturated carbocycles. The van der Waals surface area contributed by atoms with Crippen LogP contribution in [0.3, 0.4) is 0 Å². The summed E-state index contributed by atoms with van der Waals surface area (Å²) < 4.78 is 13.6. The minimum absolute atomic E-state index is 0.0208. The van der Waals surface area contributed by atoms with Gasteiger partial charge in [0.05, 0.1) is 10.5 Å². The molecule has 0 fully saturated rings. The number of hydrogen-bond donors (Lipinski definition) is 4. The number of Topliss-reactive ketones (excluding diaryl/α,β-unsaturated/α-hetero) is 1. The Morgan fingerprint density at radius 3 is 2.17 bits per heavy atom. The third-order valence-corrected chi connectivity index (χ3v) is 5.93. The molecular weight excluding hydrogens is 531 g/mol. The Morgan fingerprint density at radius 2 is 1.56 bits per heavy atom. The first-order valence-electron chi connectivity index (χ1n) is 11.7. The predicted molar refractivity (Wildman–Crippen MR) is 138 cm³/mol. The van der Waals surface area contributed by atoms with Crippen LogP contribution < -0.4 is 21.3 Å². The van der Waals surface area contributed by atoms with E-state index in [0.717, 1.165) is 5.56 Å². The van der Waals surface area contributed by atoms with Crippen LogP contribution in [0.4, 0.5) is 9.18 Å². The molecule has 4 amide bonds. The van der Waals surface area contributed by atoms with E-state index in [2.05, 4.69) is 37.2 Å². The van der Waals surface area contributed by atoms with Gasteiger partial charge in [0, 0.05) is 13.1 Å². The maximum Gasteiger partial charge on any atom is 0.315 e. The van der Waals surface area contributed by atoms with E-state index in [1.807, 2.05) is 44.2 Å². The predicted octanol–water partition coefficient (Wildman–Crippen LogP) is 3.58. The zero-order valence-corrected chi connectivity index (χ0v) is 22.2. The largest absolute Gasteiger partial charge is 0.345 e. The molecule has 10 heteroatoms. The molecule has 0 radical (unpaired) electrons. The molecule has 0 heterocycles. The van der Waals surface area contributed by atoms with Crippen molar-refractivity contribution in [2.45, 2.75) is 58.8 Å². The third-order valence-electron chi connectivity index (χ3n) is 5.33. The van der Waals surface area contributed by atoms with Crippen molar-refractivity contribution in [3.05, 3.63) is 69.9 Å². The van der Waals surface area contributed by atoms with Crippen molar-refractivity contribution >= 4 is 39.6 Å². The molecule has 8 nitrogen and oxygen atoms in total. The van der Waals surface area contributed by atoms with Gasteiger partial charge in [-0.25, -0.2) is 9.18 Å². The number of hydrogen-bond acceptors (Lipinski definition) is 4. The van der Waals surface area contributed by atoms with Gasteiger partial charge in [0.2, 0.25) is 11.7 Å². The van der Waals surface area contributed by atoms with E-state index in [9.17, 15) is 23.6 Å². The highest BCUT2D eigenvalue weighted by molar-refractivity contribution is 9.10. The van der Waals surface area contributed by atoms with Crippen LogP contribution in [0.5, 0.6) is 0 Å². The number of carbonyl (C=O) groups is 4. The second-order valence-electron chi connectivity index (χ2n) is 8.76. The smallest absolute Gasteiger partial charge is 0.315 e. The van der Waals surface area contributed by atoms with Crippen LogP contribution >= 0.6 is 15.9 Å². The van der Waals surface area contributed by atoms with Gasteiger partial charge in [0.25, 0.3) is 5.91 Å². The summed E-state index contributed by atoms with van der Waals surface area (Å²) in [6.45, 7) is 5.81. The normalized spacial score (nSPS) is 12.4. The molecule has 4 N–H and O–H groups in total. The fourth-order valence-electron chi connectivity index (χ4n) is 3.39. The van der Waals surface area contributed by atoms with Gasteiger partial charge in [0.15, 0.2) is 0 Å². The standard InChI is InChI=1S/C26H32BrFN4O4/c1-4-21(23(33)25(35)29-15-18-10-11-20(28)19(27)13-18)31-24(34)22(12-16(2)3)32-26(36)30-14-17-8-6-5-7-9-17/h5-11,13,16,21-22H,4,12,14-15H2,1-3H3,(H,29,35)(H,31,34)(H2,30,32,36)/t21?,22-/m0/s1.